The van der Waals surface area contributed by atoms with Gasteiger partial charge in [-0.05, 0) is 18.1 Å². The van der Waals surface area contributed by atoms with Crippen LogP contribution in [0.15, 0.2) is 0 Å². The number of aliphatic carboxylic acids is 1. The topological polar surface area (TPSA) is 57.5 Å². The summed E-state index contributed by atoms with van der Waals surface area (Å²) in [7, 11) is 0. The van der Waals surface area contributed by atoms with Gasteiger partial charge in [0.15, 0.2) is 5.44 Å². The van der Waals surface area contributed by atoms with E-state index in [9.17, 15) is 4.79 Å². The smallest absolute Gasteiger partial charge is 0.343 e. The first-order valence-electron chi connectivity index (χ1n) is 3.56. The molecule has 0 aromatic heterocycles. The van der Waals surface area contributed by atoms with E-state index in [2.05, 4.69) is 13.8 Å². The number of carbonyl (C=O) groups is 1. The molecule has 0 rings (SSSR count). The lowest BCUT2D eigenvalue weighted by molar-refractivity contribution is -0.141. The molecule has 4 heteroatoms. The van der Waals surface area contributed by atoms with Gasteiger partial charge in [0.25, 0.3) is 0 Å². The fourth-order valence-electron chi connectivity index (χ4n) is 0.487. The van der Waals surface area contributed by atoms with Crippen LogP contribution in [-0.2, 0) is 4.79 Å². The molecule has 0 saturated heterocycles. The fourth-order valence-corrected chi connectivity index (χ4v) is 1.46. The van der Waals surface area contributed by atoms with Crippen LogP contribution in [0.1, 0.15) is 20.3 Å². The molecular weight excluding hydrogens is 164 g/mol. The lowest BCUT2D eigenvalue weighted by Crippen LogP contribution is -2.15. The molecule has 0 bridgehead atoms. The second kappa shape index (κ2) is 5.43. The zero-order chi connectivity index (χ0) is 8.85. The van der Waals surface area contributed by atoms with Crippen molar-refractivity contribution in [2.45, 2.75) is 25.7 Å². The molecule has 0 aromatic rings. The summed E-state index contributed by atoms with van der Waals surface area (Å²) in [5.41, 5.74) is -1.26. The van der Waals surface area contributed by atoms with Gasteiger partial charge in [-0.25, -0.2) is 4.79 Å². The van der Waals surface area contributed by atoms with Gasteiger partial charge < -0.3 is 10.2 Å². The Balaban J connectivity index is 3.31. The van der Waals surface area contributed by atoms with E-state index in [0.29, 0.717) is 11.7 Å². The van der Waals surface area contributed by atoms with E-state index in [1.807, 2.05) is 0 Å². The molecule has 66 valence electrons. The maximum atomic E-state index is 10.1. The Morgan fingerprint density at radius 2 is 2.09 bits per heavy atom. The van der Waals surface area contributed by atoms with E-state index in [0.717, 1.165) is 18.2 Å². The summed E-state index contributed by atoms with van der Waals surface area (Å²) in [4.78, 5) is 10.1. The van der Waals surface area contributed by atoms with Crippen LogP contribution < -0.4 is 0 Å². The molecule has 0 fully saturated rings. The van der Waals surface area contributed by atoms with Crippen LogP contribution in [0, 0.1) is 5.92 Å². The van der Waals surface area contributed by atoms with Gasteiger partial charge in [0.05, 0.1) is 0 Å². The third-order valence-corrected chi connectivity index (χ3v) is 2.17. The average Bonchev–Trinajstić information content (AvgIpc) is 1.86. The number of thioether (sulfide) groups is 1. The fraction of sp³-hybridized carbons (Fsp3) is 0.857. The SMILES string of the molecule is CC(C)CCSC(O)C(=O)O. The largest absolute Gasteiger partial charge is 0.479 e. The highest BCUT2D eigenvalue weighted by atomic mass is 32.2. The minimum absolute atomic E-state index is 0.559. The Hall–Kier alpha value is -0.220. The van der Waals surface area contributed by atoms with E-state index in [-0.39, 0.29) is 0 Å². The number of hydrogen-bond acceptors (Lipinski definition) is 3. The summed E-state index contributed by atoms with van der Waals surface area (Å²) >= 11 is 1.07. The number of rotatable bonds is 5. The quantitative estimate of drug-likeness (QED) is 0.620. The van der Waals surface area contributed by atoms with Crippen LogP contribution in [0.3, 0.4) is 0 Å². The van der Waals surface area contributed by atoms with Crippen molar-refractivity contribution in [2.24, 2.45) is 5.92 Å². The van der Waals surface area contributed by atoms with E-state index in [4.69, 9.17) is 10.2 Å². The molecular formula is C7H14O3S. The molecule has 0 aliphatic rings. The third kappa shape index (κ3) is 6.19. The molecule has 0 aliphatic heterocycles. The summed E-state index contributed by atoms with van der Waals surface area (Å²) in [5.74, 6) is 0.104. The van der Waals surface area contributed by atoms with Gasteiger partial charge in [-0.15, -0.1) is 11.8 Å². The number of hydrogen-bond donors (Lipinski definition) is 2. The van der Waals surface area contributed by atoms with Gasteiger partial charge in [0.2, 0.25) is 0 Å². The van der Waals surface area contributed by atoms with E-state index < -0.39 is 11.4 Å². The van der Waals surface area contributed by atoms with Gasteiger partial charge in [-0.1, -0.05) is 13.8 Å². The van der Waals surface area contributed by atoms with E-state index in [1.165, 1.54) is 0 Å². The Morgan fingerprint density at radius 3 is 2.45 bits per heavy atom. The van der Waals surface area contributed by atoms with Gasteiger partial charge in [0, 0.05) is 0 Å². The van der Waals surface area contributed by atoms with Crippen molar-refractivity contribution in [3.05, 3.63) is 0 Å². The van der Waals surface area contributed by atoms with E-state index >= 15 is 0 Å². The molecule has 0 saturated carbocycles. The monoisotopic (exact) mass is 178 g/mol. The minimum atomic E-state index is -1.26. The molecule has 3 nitrogen and oxygen atoms in total. The van der Waals surface area contributed by atoms with Crippen LogP contribution >= 0.6 is 11.8 Å². The predicted molar refractivity (Wildman–Crippen MR) is 45.6 cm³/mol. The lowest BCUT2D eigenvalue weighted by Gasteiger charge is -2.06. The molecule has 1 atom stereocenters. The van der Waals surface area contributed by atoms with Crippen molar-refractivity contribution >= 4 is 17.7 Å². The molecule has 0 spiro atoms. The standard InChI is InChI=1S/C7H14O3S/c1-5(2)3-4-11-7(10)6(8)9/h5,7,10H,3-4H2,1-2H3,(H,8,9). The highest BCUT2D eigenvalue weighted by Gasteiger charge is 2.12. The lowest BCUT2D eigenvalue weighted by atomic mass is 10.2. The van der Waals surface area contributed by atoms with Crippen molar-refractivity contribution in [1.82, 2.24) is 0 Å². The zero-order valence-corrected chi connectivity index (χ0v) is 7.60. The van der Waals surface area contributed by atoms with Crippen molar-refractivity contribution in [3.8, 4) is 0 Å². The second-order valence-electron chi connectivity index (χ2n) is 2.74. The number of carboxylic acids is 1. The molecule has 0 radical (unpaired) electrons. The number of aliphatic hydroxyl groups is 1. The van der Waals surface area contributed by atoms with Gasteiger partial charge in [-0.3, -0.25) is 0 Å². The van der Waals surface area contributed by atoms with Crippen molar-refractivity contribution in [2.75, 3.05) is 5.75 Å². The maximum absolute atomic E-state index is 10.1. The Kier molecular flexibility index (Phi) is 5.32. The number of carboxylic acid groups (broad SMARTS) is 1. The van der Waals surface area contributed by atoms with Gasteiger partial charge in [-0.2, -0.15) is 0 Å². The summed E-state index contributed by atoms with van der Waals surface area (Å²) in [6.45, 7) is 4.13. The van der Waals surface area contributed by atoms with Crippen LogP contribution in [0.5, 0.6) is 0 Å². The first-order valence-corrected chi connectivity index (χ1v) is 4.61. The number of aliphatic hydroxyl groups excluding tert-OH is 1. The van der Waals surface area contributed by atoms with Gasteiger partial charge in [0.1, 0.15) is 0 Å². The maximum Gasteiger partial charge on any atom is 0.343 e. The van der Waals surface area contributed by atoms with E-state index in [1.54, 1.807) is 0 Å². The Labute approximate surface area is 70.8 Å². The summed E-state index contributed by atoms with van der Waals surface area (Å²) in [6, 6.07) is 0. The van der Waals surface area contributed by atoms with Crippen LogP contribution in [0.4, 0.5) is 0 Å². The highest BCUT2D eigenvalue weighted by molar-refractivity contribution is 8.00. The first kappa shape index (κ1) is 10.8. The predicted octanol–water partition coefficient (Wildman–Crippen LogP) is 1.17. The summed E-state index contributed by atoms with van der Waals surface area (Å²) in [6.07, 6.45) is 0.939. The third-order valence-electron chi connectivity index (χ3n) is 1.18. The summed E-state index contributed by atoms with van der Waals surface area (Å²) < 4.78 is 0. The van der Waals surface area contributed by atoms with Crippen molar-refractivity contribution in [3.63, 3.8) is 0 Å². The molecule has 0 aliphatic carbocycles. The van der Waals surface area contributed by atoms with Crippen molar-refractivity contribution < 1.29 is 15.0 Å². The first-order chi connectivity index (χ1) is 5.04. The Morgan fingerprint density at radius 1 is 1.55 bits per heavy atom. The van der Waals surface area contributed by atoms with Crippen LogP contribution in [0.2, 0.25) is 0 Å². The van der Waals surface area contributed by atoms with Crippen LogP contribution in [0.25, 0.3) is 0 Å². The molecule has 1 unspecified atom stereocenters. The normalized spacial score (nSPS) is 13.5. The average molecular weight is 178 g/mol. The Bertz CT molecular complexity index is 125. The summed E-state index contributed by atoms with van der Waals surface area (Å²) in [5, 5.41) is 17.1. The van der Waals surface area contributed by atoms with Crippen LogP contribution in [-0.4, -0.2) is 27.4 Å². The van der Waals surface area contributed by atoms with Gasteiger partial charge >= 0.3 is 5.97 Å². The molecule has 0 heterocycles. The molecule has 0 amide bonds. The van der Waals surface area contributed by atoms with Crippen molar-refractivity contribution in [1.29, 1.82) is 0 Å². The zero-order valence-electron chi connectivity index (χ0n) is 6.78. The second-order valence-corrected chi connectivity index (χ2v) is 3.93. The molecule has 2 N–H and O–H groups in total. The minimum Gasteiger partial charge on any atom is -0.479 e. The molecule has 0 aromatic carbocycles. The highest BCUT2D eigenvalue weighted by Crippen LogP contribution is 2.12. The molecule has 11 heavy (non-hydrogen) atoms.